The number of hydrogen-bond donors (Lipinski definition) is 1. The van der Waals surface area contributed by atoms with Crippen molar-refractivity contribution in [3.05, 3.63) is 66.0 Å². The minimum absolute atomic E-state index is 0.138. The number of nitrogens with two attached hydrogens (primary N) is 1. The molecule has 0 saturated heterocycles. The van der Waals surface area contributed by atoms with Crippen LogP contribution in [0.15, 0.2) is 54.9 Å². The second-order valence-corrected chi connectivity index (χ2v) is 4.30. The summed E-state index contributed by atoms with van der Waals surface area (Å²) in [7, 11) is 0. The minimum Gasteiger partial charge on any atom is -0.324 e. The Kier molecular flexibility index (Phi) is 4.20. The second kappa shape index (κ2) is 6.07. The lowest BCUT2D eigenvalue weighted by Crippen LogP contribution is -2.16. The van der Waals surface area contributed by atoms with Crippen LogP contribution in [0, 0.1) is 0 Å². The first-order valence-electron chi connectivity index (χ1n) is 5.97. The first-order chi connectivity index (χ1) is 8.75. The number of carbonyl (C=O) groups is 1. The van der Waals surface area contributed by atoms with Gasteiger partial charge in [0, 0.05) is 31.3 Å². The van der Waals surface area contributed by atoms with E-state index in [0.717, 1.165) is 11.1 Å². The number of carbonyl (C=O) groups excluding carboxylic acids is 1. The van der Waals surface area contributed by atoms with Crippen molar-refractivity contribution < 1.29 is 4.79 Å². The molecule has 0 amide bonds. The van der Waals surface area contributed by atoms with E-state index in [0.29, 0.717) is 12.8 Å². The average molecular weight is 240 g/mol. The van der Waals surface area contributed by atoms with Crippen LogP contribution in [0.4, 0.5) is 0 Å². The van der Waals surface area contributed by atoms with Gasteiger partial charge >= 0.3 is 0 Å². The smallest absolute Gasteiger partial charge is 0.139 e. The average Bonchev–Trinajstić information content (AvgIpc) is 2.40. The molecule has 92 valence electrons. The number of pyridine rings is 1. The topological polar surface area (TPSA) is 56.0 Å². The van der Waals surface area contributed by atoms with E-state index >= 15 is 0 Å². The van der Waals surface area contributed by atoms with Gasteiger partial charge in [0.2, 0.25) is 0 Å². The van der Waals surface area contributed by atoms with Gasteiger partial charge in [0.1, 0.15) is 5.78 Å². The van der Waals surface area contributed by atoms with Gasteiger partial charge in [-0.2, -0.15) is 0 Å². The molecular formula is C15H16N2O. The maximum atomic E-state index is 11.9. The normalized spacial score (nSPS) is 12.1. The van der Waals surface area contributed by atoms with Gasteiger partial charge in [0.15, 0.2) is 0 Å². The number of benzene rings is 1. The maximum Gasteiger partial charge on any atom is 0.139 e. The van der Waals surface area contributed by atoms with Gasteiger partial charge in [0.25, 0.3) is 0 Å². The zero-order valence-electron chi connectivity index (χ0n) is 10.1. The van der Waals surface area contributed by atoms with Gasteiger partial charge in [-0.25, -0.2) is 0 Å². The molecular weight excluding hydrogens is 224 g/mol. The van der Waals surface area contributed by atoms with Gasteiger partial charge in [0.05, 0.1) is 0 Å². The van der Waals surface area contributed by atoms with Crippen molar-refractivity contribution in [2.24, 2.45) is 5.73 Å². The summed E-state index contributed by atoms with van der Waals surface area (Å²) in [6.07, 6.45) is 4.17. The fraction of sp³-hybridized carbons (Fsp3) is 0.200. The molecule has 2 N–H and O–H groups in total. The standard InChI is InChI=1S/C15H16N2O/c16-15(13-6-2-1-3-7-13)10-14(18)9-12-5-4-8-17-11-12/h1-8,11,15H,9-10,16H2. The molecule has 0 spiro atoms. The lowest BCUT2D eigenvalue weighted by molar-refractivity contribution is -0.118. The number of nitrogens with zero attached hydrogens (tertiary/aromatic N) is 1. The third-order valence-electron chi connectivity index (χ3n) is 2.80. The van der Waals surface area contributed by atoms with Crippen LogP contribution in [0.5, 0.6) is 0 Å². The van der Waals surface area contributed by atoms with Crippen molar-refractivity contribution >= 4 is 5.78 Å². The van der Waals surface area contributed by atoms with E-state index in [-0.39, 0.29) is 11.8 Å². The molecule has 1 heterocycles. The van der Waals surface area contributed by atoms with Crippen LogP contribution in [-0.4, -0.2) is 10.8 Å². The second-order valence-electron chi connectivity index (χ2n) is 4.30. The molecule has 0 bridgehead atoms. The molecule has 0 radical (unpaired) electrons. The van der Waals surface area contributed by atoms with Gasteiger partial charge in [-0.15, -0.1) is 0 Å². The Morgan fingerprint density at radius 1 is 1.17 bits per heavy atom. The van der Waals surface area contributed by atoms with Gasteiger partial charge in [-0.1, -0.05) is 36.4 Å². The summed E-state index contributed by atoms with van der Waals surface area (Å²) in [5, 5.41) is 0. The van der Waals surface area contributed by atoms with Crippen molar-refractivity contribution in [1.82, 2.24) is 4.98 Å². The van der Waals surface area contributed by atoms with Crippen molar-refractivity contribution in [3.8, 4) is 0 Å². The molecule has 2 aromatic rings. The summed E-state index contributed by atoms with van der Waals surface area (Å²) in [4.78, 5) is 15.9. The molecule has 0 fully saturated rings. The summed E-state index contributed by atoms with van der Waals surface area (Å²) in [6.45, 7) is 0. The number of aromatic nitrogens is 1. The molecule has 0 aliphatic rings. The summed E-state index contributed by atoms with van der Waals surface area (Å²) in [6, 6.07) is 13.2. The van der Waals surface area contributed by atoms with Crippen LogP contribution in [0.3, 0.4) is 0 Å². The molecule has 1 atom stereocenters. The zero-order chi connectivity index (χ0) is 12.8. The predicted octanol–water partition coefficient (Wildman–Crippen LogP) is 2.28. The van der Waals surface area contributed by atoms with Crippen molar-refractivity contribution in [1.29, 1.82) is 0 Å². The van der Waals surface area contributed by atoms with Crippen LogP contribution >= 0.6 is 0 Å². The number of rotatable bonds is 5. The number of ketones is 1. The Balaban J connectivity index is 1.92. The predicted molar refractivity (Wildman–Crippen MR) is 70.9 cm³/mol. The molecule has 1 unspecified atom stereocenters. The number of Topliss-reactive ketones (excluding diaryl/α,β-unsaturated/α-hetero) is 1. The van der Waals surface area contributed by atoms with E-state index in [1.807, 2.05) is 42.5 Å². The first kappa shape index (κ1) is 12.5. The molecule has 18 heavy (non-hydrogen) atoms. The van der Waals surface area contributed by atoms with Crippen molar-refractivity contribution in [2.75, 3.05) is 0 Å². The monoisotopic (exact) mass is 240 g/mol. The maximum absolute atomic E-state index is 11.9. The van der Waals surface area contributed by atoms with Gasteiger partial charge < -0.3 is 5.73 Å². The Hall–Kier alpha value is -2.00. The lowest BCUT2D eigenvalue weighted by atomic mass is 9.99. The molecule has 3 heteroatoms. The van der Waals surface area contributed by atoms with E-state index < -0.39 is 0 Å². The molecule has 1 aromatic carbocycles. The molecule has 0 saturated carbocycles. The summed E-state index contributed by atoms with van der Waals surface area (Å²) >= 11 is 0. The highest BCUT2D eigenvalue weighted by molar-refractivity contribution is 5.81. The van der Waals surface area contributed by atoms with E-state index in [2.05, 4.69) is 4.98 Å². The highest BCUT2D eigenvalue weighted by Crippen LogP contribution is 2.14. The SMILES string of the molecule is NC(CC(=O)Cc1cccnc1)c1ccccc1. The lowest BCUT2D eigenvalue weighted by Gasteiger charge is -2.10. The van der Waals surface area contributed by atoms with Crippen molar-refractivity contribution in [3.63, 3.8) is 0 Å². The van der Waals surface area contributed by atoms with Gasteiger partial charge in [-0.3, -0.25) is 9.78 Å². The van der Waals surface area contributed by atoms with Crippen LogP contribution < -0.4 is 5.73 Å². The fourth-order valence-corrected chi connectivity index (χ4v) is 1.87. The molecule has 2 rings (SSSR count). The Labute approximate surface area is 107 Å². The van der Waals surface area contributed by atoms with E-state index in [4.69, 9.17) is 5.73 Å². The quantitative estimate of drug-likeness (QED) is 0.872. The van der Waals surface area contributed by atoms with Gasteiger partial charge in [-0.05, 0) is 17.2 Å². The molecule has 0 aliphatic heterocycles. The Bertz CT molecular complexity index is 496. The Morgan fingerprint density at radius 2 is 1.94 bits per heavy atom. The Morgan fingerprint density at radius 3 is 2.61 bits per heavy atom. The summed E-state index contributed by atoms with van der Waals surface area (Å²) in [5.41, 5.74) is 7.94. The molecule has 3 nitrogen and oxygen atoms in total. The highest BCUT2D eigenvalue weighted by atomic mass is 16.1. The van der Waals surface area contributed by atoms with Crippen LogP contribution in [0.25, 0.3) is 0 Å². The van der Waals surface area contributed by atoms with E-state index in [9.17, 15) is 4.79 Å². The fourth-order valence-electron chi connectivity index (χ4n) is 1.87. The first-order valence-corrected chi connectivity index (χ1v) is 5.97. The third kappa shape index (κ3) is 3.50. The van der Waals surface area contributed by atoms with E-state index in [1.165, 1.54) is 0 Å². The highest BCUT2D eigenvalue weighted by Gasteiger charge is 2.11. The zero-order valence-corrected chi connectivity index (χ0v) is 10.1. The van der Waals surface area contributed by atoms with Crippen molar-refractivity contribution in [2.45, 2.75) is 18.9 Å². The summed E-state index contributed by atoms with van der Waals surface area (Å²) < 4.78 is 0. The summed E-state index contributed by atoms with van der Waals surface area (Å²) in [5.74, 6) is 0.138. The van der Waals surface area contributed by atoms with Crippen LogP contribution in [0.1, 0.15) is 23.6 Å². The minimum atomic E-state index is -0.227. The third-order valence-corrected chi connectivity index (χ3v) is 2.80. The largest absolute Gasteiger partial charge is 0.324 e. The van der Waals surface area contributed by atoms with Crippen LogP contribution in [0.2, 0.25) is 0 Å². The van der Waals surface area contributed by atoms with Crippen LogP contribution in [-0.2, 0) is 11.2 Å². The number of hydrogen-bond acceptors (Lipinski definition) is 3. The molecule has 1 aromatic heterocycles. The van der Waals surface area contributed by atoms with E-state index in [1.54, 1.807) is 12.4 Å². The molecule has 0 aliphatic carbocycles.